The van der Waals surface area contributed by atoms with Gasteiger partial charge in [-0.2, -0.15) is 0 Å². The summed E-state index contributed by atoms with van der Waals surface area (Å²) >= 11 is 0. The van der Waals surface area contributed by atoms with Crippen molar-refractivity contribution in [3.8, 4) is 0 Å². The molecule has 0 saturated heterocycles. The van der Waals surface area contributed by atoms with Crippen LogP contribution in [0, 0.1) is 0 Å². The molecular formula is C4H9NO5. The highest BCUT2D eigenvalue weighted by atomic mass is 16.5. The third kappa shape index (κ3) is 15.8. The van der Waals surface area contributed by atoms with Crippen molar-refractivity contribution in [2.75, 3.05) is 6.54 Å². The van der Waals surface area contributed by atoms with Gasteiger partial charge in [0.2, 0.25) is 0 Å². The monoisotopic (exact) mass is 151 g/mol. The zero-order chi connectivity index (χ0) is 8.57. The highest BCUT2D eigenvalue weighted by Gasteiger charge is 2.04. The quantitative estimate of drug-likeness (QED) is 0.287. The zero-order valence-corrected chi connectivity index (χ0v) is 5.37. The van der Waals surface area contributed by atoms with Gasteiger partial charge in [0.25, 0.3) is 0 Å². The van der Waals surface area contributed by atoms with E-state index in [1.807, 2.05) is 12.4 Å². The first-order valence-electron chi connectivity index (χ1n) is 2.39. The number of hydrogen-bond acceptors (Lipinski definition) is 4. The lowest BCUT2D eigenvalue weighted by Crippen LogP contribution is -2.09. The zero-order valence-electron chi connectivity index (χ0n) is 5.37. The predicted octanol–water partition coefficient (Wildman–Crippen LogP) is -0.859. The van der Waals surface area contributed by atoms with E-state index >= 15 is 0 Å². The molecule has 0 aromatic carbocycles. The van der Waals surface area contributed by atoms with E-state index in [-0.39, 0.29) is 0 Å². The number of nitrogens with one attached hydrogen (secondary N) is 1. The summed E-state index contributed by atoms with van der Waals surface area (Å²) in [5.74, 6) is -3.65. The average molecular weight is 151 g/mol. The van der Waals surface area contributed by atoms with Crippen LogP contribution >= 0.6 is 0 Å². The Morgan fingerprint density at radius 3 is 1.50 bits per heavy atom. The Bertz CT molecular complexity index is 98.2. The highest BCUT2D eigenvalue weighted by molar-refractivity contribution is 6.27. The van der Waals surface area contributed by atoms with Gasteiger partial charge in [0.05, 0.1) is 0 Å². The summed E-state index contributed by atoms with van der Waals surface area (Å²) in [5.41, 5.74) is 1.93. The summed E-state index contributed by atoms with van der Waals surface area (Å²) in [4.78, 5) is 18.2. The van der Waals surface area contributed by atoms with Crippen LogP contribution in [0.4, 0.5) is 0 Å². The van der Waals surface area contributed by atoms with Gasteiger partial charge in [0, 0.05) is 6.54 Å². The molecule has 6 nitrogen and oxygen atoms in total. The lowest BCUT2D eigenvalue weighted by Gasteiger charge is -1.75. The fourth-order valence-electron chi connectivity index (χ4n) is 0. The average Bonchev–Trinajstić information content (AvgIpc) is 1.89. The van der Waals surface area contributed by atoms with Gasteiger partial charge in [-0.05, 0) is 0 Å². The highest BCUT2D eigenvalue weighted by Crippen LogP contribution is 1.56. The van der Waals surface area contributed by atoms with Crippen LogP contribution in [-0.4, -0.2) is 33.9 Å². The van der Waals surface area contributed by atoms with Crippen molar-refractivity contribution in [3.63, 3.8) is 0 Å². The second-order valence-electron chi connectivity index (χ2n) is 1.12. The number of carboxylic acid groups (broad SMARTS) is 2. The molecule has 0 aromatic heterocycles. The molecule has 60 valence electrons. The number of carboxylic acids is 2. The van der Waals surface area contributed by atoms with E-state index in [0.29, 0.717) is 6.54 Å². The summed E-state index contributed by atoms with van der Waals surface area (Å²) in [6.45, 7) is 2.44. The molecule has 0 aliphatic heterocycles. The Labute approximate surface area is 57.0 Å². The molecule has 0 heterocycles. The lowest BCUT2D eigenvalue weighted by molar-refractivity contribution is -0.159. The van der Waals surface area contributed by atoms with E-state index < -0.39 is 11.9 Å². The van der Waals surface area contributed by atoms with Gasteiger partial charge in [-0.15, -0.1) is 0 Å². The van der Waals surface area contributed by atoms with Crippen molar-refractivity contribution in [2.45, 2.75) is 6.92 Å². The van der Waals surface area contributed by atoms with E-state index in [4.69, 9.17) is 25.0 Å². The molecule has 0 fully saturated rings. The fraction of sp³-hybridized carbons (Fsp3) is 0.500. The lowest BCUT2D eigenvalue weighted by atomic mass is 10.7. The van der Waals surface area contributed by atoms with Crippen molar-refractivity contribution >= 4 is 11.9 Å². The van der Waals surface area contributed by atoms with Crippen molar-refractivity contribution in [3.05, 3.63) is 0 Å². The predicted molar refractivity (Wildman–Crippen MR) is 30.7 cm³/mol. The van der Waals surface area contributed by atoms with Gasteiger partial charge in [-0.1, -0.05) is 6.92 Å². The second kappa shape index (κ2) is 7.86. The minimum absolute atomic E-state index is 0.625. The maximum Gasteiger partial charge on any atom is 0.414 e. The maximum absolute atomic E-state index is 9.10. The van der Waals surface area contributed by atoms with E-state index in [0.717, 1.165) is 0 Å². The van der Waals surface area contributed by atoms with Crippen LogP contribution in [0.5, 0.6) is 0 Å². The Morgan fingerprint density at radius 2 is 1.50 bits per heavy atom. The summed E-state index contributed by atoms with van der Waals surface area (Å²) in [5, 5.41) is 22.4. The Hall–Kier alpha value is -1.14. The molecule has 0 aromatic rings. The summed E-state index contributed by atoms with van der Waals surface area (Å²) in [6.07, 6.45) is 0. The first-order chi connectivity index (χ1) is 4.56. The van der Waals surface area contributed by atoms with E-state index in [9.17, 15) is 0 Å². The SMILES string of the molecule is CCNO.O=C(O)C(=O)O. The van der Waals surface area contributed by atoms with Crippen molar-refractivity contribution in [2.24, 2.45) is 0 Å². The van der Waals surface area contributed by atoms with Gasteiger partial charge in [0.1, 0.15) is 0 Å². The minimum Gasteiger partial charge on any atom is -0.473 e. The summed E-state index contributed by atoms with van der Waals surface area (Å²) in [7, 11) is 0. The molecule has 0 unspecified atom stereocenters. The van der Waals surface area contributed by atoms with Crippen LogP contribution in [0.2, 0.25) is 0 Å². The van der Waals surface area contributed by atoms with Gasteiger partial charge in [-0.3, -0.25) is 0 Å². The maximum atomic E-state index is 9.10. The smallest absolute Gasteiger partial charge is 0.414 e. The number of carbonyl (C=O) groups is 2. The van der Waals surface area contributed by atoms with Crippen LogP contribution in [0.3, 0.4) is 0 Å². The topological polar surface area (TPSA) is 107 Å². The third-order valence-corrected chi connectivity index (χ3v) is 0.341. The second-order valence-corrected chi connectivity index (χ2v) is 1.12. The summed E-state index contributed by atoms with van der Waals surface area (Å²) < 4.78 is 0. The van der Waals surface area contributed by atoms with Crippen molar-refractivity contribution in [1.29, 1.82) is 0 Å². The third-order valence-electron chi connectivity index (χ3n) is 0.341. The van der Waals surface area contributed by atoms with Crippen LogP contribution in [0.1, 0.15) is 6.92 Å². The van der Waals surface area contributed by atoms with Crippen LogP contribution < -0.4 is 5.48 Å². The molecule has 0 aliphatic carbocycles. The molecule has 0 radical (unpaired) electrons. The molecule has 0 rings (SSSR count). The molecule has 0 saturated carbocycles. The van der Waals surface area contributed by atoms with E-state index in [1.165, 1.54) is 0 Å². The Kier molecular flexibility index (Phi) is 9.14. The number of aliphatic carboxylic acids is 2. The first kappa shape index (κ1) is 11.6. The van der Waals surface area contributed by atoms with Crippen LogP contribution in [0.15, 0.2) is 0 Å². The van der Waals surface area contributed by atoms with Gasteiger partial charge < -0.3 is 15.4 Å². The van der Waals surface area contributed by atoms with Crippen LogP contribution in [-0.2, 0) is 9.59 Å². The minimum atomic E-state index is -1.82. The number of hydrogen-bond donors (Lipinski definition) is 4. The largest absolute Gasteiger partial charge is 0.473 e. The summed E-state index contributed by atoms with van der Waals surface area (Å²) in [6, 6.07) is 0. The Balaban J connectivity index is 0. The number of rotatable bonds is 1. The van der Waals surface area contributed by atoms with Crippen molar-refractivity contribution in [1.82, 2.24) is 5.48 Å². The van der Waals surface area contributed by atoms with Gasteiger partial charge >= 0.3 is 11.9 Å². The number of hydroxylamine groups is 1. The molecule has 0 amide bonds. The van der Waals surface area contributed by atoms with Crippen LogP contribution in [0.25, 0.3) is 0 Å². The molecular weight excluding hydrogens is 142 g/mol. The van der Waals surface area contributed by atoms with E-state index in [2.05, 4.69) is 0 Å². The first-order valence-corrected chi connectivity index (χ1v) is 2.39. The molecule has 0 spiro atoms. The molecule has 6 heteroatoms. The molecule has 10 heavy (non-hydrogen) atoms. The normalized spacial score (nSPS) is 7.40. The molecule has 0 aliphatic rings. The van der Waals surface area contributed by atoms with E-state index in [1.54, 1.807) is 0 Å². The fourth-order valence-corrected chi connectivity index (χ4v) is 0. The molecule has 0 atom stereocenters. The molecule has 4 N–H and O–H groups in total. The Morgan fingerprint density at radius 1 is 1.30 bits per heavy atom. The van der Waals surface area contributed by atoms with Gasteiger partial charge in [0.15, 0.2) is 0 Å². The standard InChI is InChI=1S/C2H7NO.C2H2O4/c1-2-3-4;3-1(4)2(5)6/h3-4H,2H2,1H3;(H,3,4)(H,5,6). The van der Waals surface area contributed by atoms with Crippen molar-refractivity contribution < 1.29 is 25.0 Å². The van der Waals surface area contributed by atoms with Gasteiger partial charge in [-0.25, -0.2) is 15.1 Å². The molecule has 0 bridgehead atoms.